The Kier molecular flexibility index (Phi) is 5.91. The summed E-state index contributed by atoms with van der Waals surface area (Å²) in [4.78, 5) is 29.7. The fourth-order valence-electron chi connectivity index (χ4n) is 3.39. The summed E-state index contributed by atoms with van der Waals surface area (Å²) in [5, 5.41) is 8.91. The van der Waals surface area contributed by atoms with E-state index in [1.807, 2.05) is 11.4 Å². The molecule has 2 amide bonds. The minimum atomic E-state index is -0.240. The first-order chi connectivity index (χ1) is 14.5. The van der Waals surface area contributed by atoms with Crippen molar-refractivity contribution in [3.8, 4) is 0 Å². The Morgan fingerprint density at radius 2 is 1.87 bits per heavy atom. The third-order valence-electron chi connectivity index (χ3n) is 5.06. The fraction of sp³-hybridized carbons (Fsp3) is 0.286. The van der Waals surface area contributed by atoms with Crippen LogP contribution in [-0.4, -0.2) is 57.6 Å². The van der Waals surface area contributed by atoms with E-state index in [1.165, 1.54) is 28.2 Å². The molecule has 30 heavy (non-hydrogen) atoms. The first kappa shape index (κ1) is 20.2. The van der Waals surface area contributed by atoms with E-state index >= 15 is 0 Å². The van der Waals surface area contributed by atoms with Gasteiger partial charge >= 0.3 is 0 Å². The molecule has 1 fully saturated rings. The van der Waals surface area contributed by atoms with Crippen LogP contribution in [-0.2, 0) is 13.6 Å². The zero-order valence-electron chi connectivity index (χ0n) is 16.5. The number of thiophene rings is 1. The second-order valence-corrected chi connectivity index (χ2v) is 8.11. The van der Waals surface area contributed by atoms with Gasteiger partial charge in [-0.3, -0.25) is 19.2 Å². The van der Waals surface area contributed by atoms with Gasteiger partial charge in [0, 0.05) is 45.8 Å². The third-order valence-corrected chi connectivity index (χ3v) is 5.93. The Balaban J connectivity index is 1.34. The Morgan fingerprint density at radius 3 is 2.53 bits per heavy atom. The summed E-state index contributed by atoms with van der Waals surface area (Å²) in [6.07, 6.45) is 0. The minimum Gasteiger partial charge on any atom is -0.335 e. The summed E-state index contributed by atoms with van der Waals surface area (Å²) in [6, 6.07) is 11.7. The lowest BCUT2D eigenvalue weighted by Gasteiger charge is -2.34. The van der Waals surface area contributed by atoms with Gasteiger partial charge < -0.3 is 10.2 Å². The summed E-state index contributed by atoms with van der Waals surface area (Å²) in [5.74, 6) is -0.132. The van der Waals surface area contributed by atoms with E-state index in [0.29, 0.717) is 29.5 Å². The highest BCUT2D eigenvalue weighted by Crippen LogP contribution is 2.17. The number of halogens is 1. The molecule has 1 N–H and O–H groups in total. The number of benzene rings is 1. The van der Waals surface area contributed by atoms with E-state index in [1.54, 1.807) is 36.2 Å². The number of piperazine rings is 1. The maximum atomic E-state index is 13.0. The van der Waals surface area contributed by atoms with E-state index in [9.17, 15) is 14.0 Å². The Morgan fingerprint density at radius 1 is 1.13 bits per heavy atom. The van der Waals surface area contributed by atoms with Gasteiger partial charge in [-0.15, -0.1) is 11.3 Å². The van der Waals surface area contributed by atoms with Crippen molar-refractivity contribution in [2.75, 3.05) is 31.5 Å². The molecule has 156 valence electrons. The topological polar surface area (TPSA) is 70.5 Å². The van der Waals surface area contributed by atoms with Gasteiger partial charge in [0.2, 0.25) is 0 Å². The van der Waals surface area contributed by atoms with Crippen LogP contribution in [0.1, 0.15) is 25.7 Å². The lowest BCUT2D eigenvalue weighted by molar-refractivity contribution is 0.0622. The highest BCUT2D eigenvalue weighted by atomic mass is 32.1. The second-order valence-electron chi connectivity index (χ2n) is 7.16. The van der Waals surface area contributed by atoms with Crippen LogP contribution >= 0.6 is 11.3 Å². The molecule has 0 spiro atoms. The van der Waals surface area contributed by atoms with Crippen LogP contribution < -0.4 is 5.32 Å². The van der Waals surface area contributed by atoms with E-state index in [2.05, 4.69) is 15.3 Å². The number of aromatic nitrogens is 2. The van der Waals surface area contributed by atoms with Crippen molar-refractivity contribution in [3.05, 3.63) is 69.8 Å². The Bertz CT molecular complexity index is 1020. The van der Waals surface area contributed by atoms with Crippen LogP contribution in [0.4, 0.5) is 10.2 Å². The van der Waals surface area contributed by atoms with E-state index in [4.69, 9.17) is 0 Å². The number of nitrogens with zero attached hydrogens (tertiary/aromatic N) is 4. The number of hydrogen-bond donors (Lipinski definition) is 1. The first-order valence-corrected chi connectivity index (χ1v) is 10.5. The van der Waals surface area contributed by atoms with Crippen LogP contribution in [0.5, 0.6) is 0 Å². The molecule has 0 bridgehead atoms. The molecule has 0 saturated carbocycles. The normalized spacial score (nSPS) is 14.7. The SMILES string of the molecule is Cn1nc(C(=O)N2CCN(Cc3ccc(F)cc3)CC2)cc1NC(=O)c1cccs1. The summed E-state index contributed by atoms with van der Waals surface area (Å²) in [6.45, 7) is 3.38. The van der Waals surface area contributed by atoms with Crippen LogP contribution in [0.3, 0.4) is 0 Å². The summed E-state index contributed by atoms with van der Waals surface area (Å²) < 4.78 is 14.6. The van der Waals surface area contributed by atoms with Crippen molar-refractivity contribution in [1.29, 1.82) is 0 Å². The number of carbonyl (C=O) groups excluding carboxylic acids is 2. The number of hydrogen-bond acceptors (Lipinski definition) is 5. The van der Waals surface area contributed by atoms with Crippen molar-refractivity contribution in [2.24, 2.45) is 7.05 Å². The minimum absolute atomic E-state index is 0.149. The molecular formula is C21H22FN5O2S. The van der Waals surface area contributed by atoms with Gasteiger partial charge in [0.05, 0.1) is 4.88 Å². The van der Waals surface area contributed by atoms with Crippen molar-refractivity contribution in [2.45, 2.75) is 6.54 Å². The molecule has 1 aromatic carbocycles. The number of anilines is 1. The van der Waals surface area contributed by atoms with Gasteiger partial charge in [0.25, 0.3) is 11.8 Å². The van der Waals surface area contributed by atoms with Crippen molar-refractivity contribution in [3.63, 3.8) is 0 Å². The zero-order valence-corrected chi connectivity index (χ0v) is 17.4. The summed E-state index contributed by atoms with van der Waals surface area (Å²) >= 11 is 1.35. The zero-order chi connectivity index (χ0) is 21.1. The average Bonchev–Trinajstić information content (AvgIpc) is 3.40. The molecule has 7 nitrogen and oxygen atoms in total. The molecule has 1 aliphatic heterocycles. The number of aryl methyl sites for hydroxylation is 1. The molecule has 1 saturated heterocycles. The largest absolute Gasteiger partial charge is 0.335 e. The van der Waals surface area contributed by atoms with Crippen LogP contribution in [0.25, 0.3) is 0 Å². The van der Waals surface area contributed by atoms with Crippen LogP contribution in [0, 0.1) is 5.82 Å². The van der Waals surface area contributed by atoms with Crippen LogP contribution in [0.2, 0.25) is 0 Å². The van der Waals surface area contributed by atoms with Gasteiger partial charge in [-0.1, -0.05) is 18.2 Å². The van der Waals surface area contributed by atoms with Crippen LogP contribution in [0.15, 0.2) is 47.8 Å². The average molecular weight is 428 g/mol. The number of rotatable bonds is 5. The van der Waals surface area contributed by atoms with E-state index < -0.39 is 0 Å². The standard InChI is InChI=1S/C21H22FN5O2S/c1-25-19(23-20(28)18-3-2-12-30-18)13-17(24-25)21(29)27-10-8-26(9-11-27)14-15-4-6-16(22)7-5-15/h2-7,12-13H,8-11,14H2,1H3,(H,23,28). The van der Waals surface area contributed by atoms with Gasteiger partial charge in [-0.25, -0.2) is 4.39 Å². The third kappa shape index (κ3) is 4.58. The molecule has 0 radical (unpaired) electrons. The molecular weight excluding hydrogens is 405 g/mol. The molecule has 2 aromatic heterocycles. The molecule has 9 heteroatoms. The molecule has 0 unspecified atom stereocenters. The predicted octanol–water partition coefficient (Wildman–Crippen LogP) is 2.83. The molecule has 3 aromatic rings. The maximum Gasteiger partial charge on any atom is 0.274 e. The molecule has 0 atom stereocenters. The lowest BCUT2D eigenvalue weighted by atomic mass is 10.2. The Labute approximate surface area is 177 Å². The molecule has 0 aliphatic carbocycles. The monoisotopic (exact) mass is 427 g/mol. The quantitative estimate of drug-likeness (QED) is 0.680. The lowest BCUT2D eigenvalue weighted by Crippen LogP contribution is -2.48. The van der Waals surface area contributed by atoms with Crippen molar-refractivity contribution >= 4 is 29.0 Å². The van der Waals surface area contributed by atoms with E-state index in [0.717, 1.165) is 25.2 Å². The van der Waals surface area contributed by atoms with E-state index in [-0.39, 0.29) is 17.6 Å². The van der Waals surface area contributed by atoms with Crippen molar-refractivity contribution < 1.29 is 14.0 Å². The van der Waals surface area contributed by atoms with Gasteiger partial charge in [0.1, 0.15) is 11.6 Å². The predicted molar refractivity (Wildman–Crippen MR) is 113 cm³/mol. The number of amides is 2. The second kappa shape index (κ2) is 8.76. The summed E-state index contributed by atoms with van der Waals surface area (Å²) in [5.41, 5.74) is 1.36. The van der Waals surface area contributed by atoms with Crippen molar-refractivity contribution in [1.82, 2.24) is 19.6 Å². The molecule has 4 rings (SSSR count). The Hall–Kier alpha value is -3.04. The van der Waals surface area contributed by atoms with Gasteiger partial charge in [-0.05, 0) is 29.1 Å². The highest BCUT2D eigenvalue weighted by molar-refractivity contribution is 7.12. The molecule has 3 heterocycles. The highest BCUT2D eigenvalue weighted by Gasteiger charge is 2.25. The van der Waals surface area contributed by atoms with Gasteiger partial charge in [0.15, 0.2) is 5.69 Å². The summed E-state index contributed by atoms with van der Waals surface area (Å²) in [7, 11) is 1.70. The molecule has 1 aliphatic rings. The number of nitrogens with one attached hydrogen (secondary N) is 1. The fourth-order valence-corrected chi connectivity index (χ4v) is 4.01. The first-order valence-electron chi connectivity index (χ1n) is 9.64. The smallest absolute Gasteiger partial charge is 0.274 e. The number of carbonyl (C=O) groups is 2. The van der Waals surface area contributed by atoms with Gasteiger partial charge in [-0.2, -0.15) is 5.10 Å². The maximum absolute atomic E-state index is 13.0.